The molecular formula is C13H24. The van der Waals surface area contributed by atoms with E-state index >= 15 is 0 Å². The predicted octanol–water partition coefficient (Wildman–Crippen LogP) is 4.25. The summed E-state index contributed by atoms with van der Waals surface area (Å²) >= 11 is 0. The molecule has 2 fully saturated rings. The van der Waals surface area contributed by atoms with Crippen molar-refractivity contribution in [2.45, 2.75) is 59.8 Å². The highest BCUT2D eigenvalue weighted by atomic mass is 14.7. The van der Waals surface area contributed by atoms with Gasteiger partial charge in [-0.1, -0.05) is 40.5 Å². The van der Waals surface area contributed by atoms with E-state index < -0.39 is 0 Å². The van der Waals surface area contributed by atoms with Gasteiger partial charge < -0.3 is 0 Å². The van der Waals surface area contributed by atoms with Crippen LogP contribution in [-0.4, -0.2) is 0 Å². The molecule has 0 radical (unpaired) electrons. The van der Waals surface area contributed by atoms with E-state index in [4.69, 9.17) is 0 Å². The Hall–Kier alpha value is 0. The summed E-state index contributed by atoms with van der Waals surface area (Å²) in [5.74, 6) is 2.07. The van der Waals surface area contributed by atoms with Crippen LogP contribution in [0.4, 0.5) is 0 Å². The maximum absolute atomic E-state index is 2.53. The van der Waals surface area contributed by atoms with Crippen LogP contribution in [0.1, 0.15) is 59.8 Å². The summed E-state index contributed by atoms with van der Waals surface area (Å²) in [6, 6.07) is 0. The van der Waals surface area contributed by atoms with Crippen molar-refractivity contribution in [3.05, 3.63) is 0 Å². The van der Waals surface area contributed by atoms with Crippen molar-refractivity contribution >= 4 is 0 Å². The van der Waals surface area contributed by atoms with Crippen LogP contribution in [0.3, 0.4) is 0 Å². The molecule has 3 atom stereocenters. The van der Waals surface area contributed by atoms with E-state index in [1.54, 1.807) is 0 Å². The van der Waals surface area contributed by atoms with Crippen LogP contribution in [0.2, 0.25) is 0 Å². The third-order valence-corrected chi connectivity index (χ3v) is 5.59. The van der Waals surface area contributed by atoms with E-state index in [-0.39, 0.29) is 0 Å². The molecule has 0 heteroatoms. The van der Waals surface area contributed by atoms with Crippen molar-refractivity contribution in [1.29, 1.82) is 0 Å². The minimum Gasteiger partial charge on any atom is -0.0648 e. The van der Waals surface area contributed by atoms with Gasteiger partial charge in [0.2, 0.25) is 0 Å². The van der Waals surface area contributed by atoms with Crippen molar-refractivity contribution in [2.24, 2.45) is 22.7 Å². The molecule has 0 heterocycles. The van der Waals surface area contributed by atoms with E-state index in [1.165, 1.54) is 32.1 Å². The van der Waals surface area contributed by atoms with Crippen molar-refractivity contribution < 1.29 is 0 Å². The molecule has 0 N–H and O–H groups in total. The van der Waals surface area contributed by atoms with Gasteiger partial charge in [-0.25, -0.2) is 0 Å². The zero-order valence-corrected chi connectivity index (χ0v) is 9.69. The van der Waals surface area contributed by atoms with Gasteiger partial charge in [0.25, 0.3) is 0 Å². The summed E-state index contributed by atoms with van der Waals surface area (Å²) in [5, 5.41) is 0. The molecule has 0 saturated heterocycles. The molecule has 3 unspecified atom stereocenters. The van der Waals surface area contributed by atoms with E-state index in [0.717, 1.165) is 22.7 Å². The van der Waals surface area contributed by atoms with Crippen LogP contribution in [0.5, 0.6) is 0 Å². The molecule has 0 spiro atoms. The molecule has 2 aliphatic carbocycles. The third-order valence-electron chi connectivity index (χ3n) is 5.59. The maximum atomic E-state index is 2.53. The normalized spacial score (nSPS) is 47.1. The molecule has 2 saturated carbocycles. The number of hydrogen-bond donors (Lipinski definition) is 0. The second-order valence-electron chi connectivity index (χ2n) is 5.77. The fourth-order valence-corrected chi connectivity index (χ4v) is 3.91. The first kappa shape index (κ1) is 9.55. The highest BCUT2D eigenvalue weighted by Gasteiger charge is 2.61. The van der Waals surface area contributed by atoms with Gasteiger partial charge >= 0.3 is 0 Å². The molecule has 0 nitrogen and oxygen atoms in total. The highest BCUT2D eigenvalue weighted by Crippen LogP contribution is 2.69. The van der Waals surface area contributed by atoms with E-state index in [0.29, 0.717) is 0 Å². The Morgan fingerprint density at radius 1 is 1.23 bits per heavy atom. The van der Waals surface area contributed by atoms with Gasteiger partial charge in [0, 0.05) is 0 Å². The minimum absolute atomic E-state index is 0.740. The van der Waals surface area contributed by atoms with Crippen LogP contribution in [0.15, 0.2) is 0 Å². The molecule has 76 valence electrons. The Kier molecular flexibility index (Phi) is 2.02. The lowest BCUT2D eigenvalue weighted by Crippen LogP contribution is -2.44. The molecule has 0 aliphatic heterocycles. The van der Waals surface area contributed by atoms with Gasteiger partial charge in [-0.3, -0.25) is 0 Å². The Bertz CT molecular complexity index is 197. The average Bonchev–Trinajstić information content (AvgIpc) is 2.60. The van der Waals surface area contributed by atoms with Crippen LogP contribution in [-0.2, 0) is 0 Å². The average molecular weight is 180 g/mol. The lowest BCUT2D eigenvalue weighted by atomic mass is 9.52. The topological polar surface area (TPSA) is 0 Å². The SMILES string of the molecule is CCC1(CC)CCC1C1(C)CC1C. The molecule has 0 aromatic rings. The fourth-order valence-electron chi connectivity index (χ4n) is 3.91. The minimum atomic E-state index is 0.740. The summed E-state index contributed by atoms with van der Waals surface area (Å²) < 4.78 is 0. The van der Waals surface area contributed by atoms with Crippen LogP contribution >= 0.6 is 0 Å². The molecule has 13 heavy (non-hydrogen) atoms. The zero-order chi connectivity index (χ0) is 9.69. The van der Waals surface area contributed by atoms with Crippen LogP contribution in [0.25, 0.3) is 0 Å². The van der Waals surface area contributed by atoms with Crippen molar-refractivity contribution in [3.8, 4) is 0 Å². The van der Waals surface area contributed by atoms with Gasteiger partial charge in [-0.05, 0) is 41.9 Å². The van der Waals surface area contributed by atoms with Gasteiger partial charge in [-0.2, -0.15) is 0 Å². The Morgan fingerprint density at radius 3 is 2.00 bits per heavy atom. The standard InChI is InChI=1S/C13H24/c1-5-13(6-2)8-7-11(13)12(4)9-10(12)3/h10-11H,5-9H2,1-4H3. The smallest absolute Gasteiger partial charge is 0.0264 e. The quantitative estimate of drug-likeness (QED) is 0.609. The summed E-state index contributed by atoms with van der Waals surface area (Å²) in [7, 11) is 0. The summed E-state index contributed by atoms with van der Waals surface area (Å²) in [4.78, 5) is 0. The number of rotatable bonds is 3. The molecular weight excluding hydrogens is 156 g/mol. The molecule has 2 rings (SSSR count). The first-order chi connectivity index (χ1) is 6.09. The van der Waals surface area contributed by atoms with E-state index in [1.807, 2.05) is 0 Å². The second-order valence-corrected chi connectivity index (χ2v) is 5.77. The second kappa shape index (κ2) is 2.74. The number of hydrogen-bond acceptors (Lipinski definition) is 0. The first-order valence-corrected chi connectivity index (χ1v) is 6.09. The van der Waals surface area contributed by atoms with E-state index in [2.05, 4.69) is 27.7 Å². The Morgan fingerprint density at radius 2 is 1.77 bits per heavy atom. The monoisotopic (exact) mass is 180 g/mol. The van der Waals surface area contributed by atoms with Gasteiger partial charge in [-0.15, -0.1) is 0 Å². The Balaban J connectivity index is 2.09. The van der Waals surface area contributed by atoms with Crippen molar-refractivity contribution in [3.63, 3.8) is 0 Å². The fraction of sp³-hybridized carbons (Fsp3) is 1.00. The molecule has 0 amide bonds. The largest absolute Gasteiger partial charge is 0.0648 e. The Labute approximate surface area is 83.1 Å². The third kappa shape index (κ3) is 1.10. The summed E-state index contributed by atoms with van der Waals surface area (Å²) in [6.07, 6.45) is 7.35. The summed E-state index contributed by atoms with van der Waals surface area (Å²) in [5.41, 5.74) is 1.49. The lowest BCUT2D eigenvalue weighted by molar-refractivity contribution is -0.0321. The van der Waals surface area contributed by atoms with Gasteiger partial charge in [0.15, 0.2) is 0 Å². The van der Waals surface area contributed by atoms with Crippen LogP contribution < -0.4 is 0 Å². The lowest BCUT2D eigenvalue weighted by Gasteiger charge is -2.53. The van der Waals surface area contributed by atoms with Gasteiger partial charge in [0.05, 0.1) is 0 Å². The zero-order valence-electron chi connectivity index (χ0n) is 9.69. The molecule has 0 aromatic heterocycles. The van der Waals surface area contributed by atoms with Crippen molar-refractivity contribution in [1.82, 2.24) is 0 Å². The molecule has 0 bridgehead atoms. The van der Waals surface area contributed by atoms with Gasteiger partial charge in [0.1, 0.15) is 0 Å². The van der Waals surface area contributed by atoms with Crippen molar-refractivity contribution in [2.75, 3.05) is 0 Å². The predicted molar refractivity (Wildman–Crippen MR) is 57.6 cm³/mol. The first-order valence-electron chi connectivity index (χ1n) is 6.09. The van der Waals surface area contributed by atoms with E-state index in [9.17, 15) is 0 Å². The molecule has 2 aliphatic rings. The maximum Gasteiger partial charge on any atom is -0.0264 e. The van der Waals surface area contributed by atoms with Crippen LogP contribution in [0, 0.1) is 22.7 Å². The molecule has 0 aromatic carbocycles. The highest BCUT2D eigenvalue weighted by molar-refractivity contribution is 5.10. The summed E-state index contributed by atoms with van der Waals surface area (Å²) in [6.45, 7) is 9.76.